The van der Waals surface area contributed by atoms with Gasteiger partial charge in [-0.25, -0.2) is 4.39 Å². The lowest BCUT2D eigenvalue weighted by Crippen LogP contribution is -2.43. The molecule has 0 aliphatic carbocycles. The fourth-order valence-corrected chi connectivity index (χ4v) is 4.91. The summed E-state index contributed by atoms with van der Waals surface area (Å²) in [6.07, 6.45) is 1.32. The van der Waals surface area contributed by atoms with E-state index in [4.69, 9.17) is 11.6 Å². The van der Waals surface area contributed by atoms with E-state index in [1.165, 1.54) is 18.2 Å². The summed E-state index contributed by atoms with van der Waals surface area (Å²) in [5.41, 5.74) is 0.616. The van der Waals surface area contributed by atoms with Gasteiger partial charge in [-0.2, -0.15) is 8.42 Å². The second-order valence-corrected chi connectivity index (χ2v) is 8.79. The first kappa shape index (κ1) is 18.9. The fourth-order valence-electron chi connectivity index (χ4n) is 3.53. The first-order chi connectivity index (χ1) is 13.3. The smallest absolute Gasteiger partial charge is 0.285 e. The summed E-state index contributed by atoms with van der Waals surface area (Å²) in [5.74, 6) is -0.970. The number of likely N-dealkylation sites (tertiary alicyclic amines) is 1. The number of rotatable bonds is 2. The van der Waals surface area contributed by atoms with Crippen molar-refractivity contribution in [1.82, 2.24) is 4.90 Å². The van der Waals surface area contributed by atoms with Gasteiger partial charge in [0.2, 0.25) is 5.91 Å². The Hall–Kier alpha value is -2.45. The molecule has 2 aliphatic heterocycles. The number of piperidine rings is 1. The lowest BCUT2D eigenvalue weighted by molar-refractivity contribution is -0.121. The molecule has 2 aromatic rings. The van der Waals surface area contributed by atoms with Crippen LogP contribution in [0.5, 0.6) is 0 Å². The minimum absolute atomic E-state index is 0.0673. The van der Waals surface area contributed by atoms with Crippen molar-refractivity contribution in [3.63, 3.8) is 0 Å². The number of anilines is 1. The van der Waals surface area contributed by atoms with Crippen LogP contribution in [0.1, 0.15) is 18.4 Å². The van der Waals surface area contributed by atoms with Gasteiger partial charge in [0.1, 0.15) is 10.7 Å². The molecule has 2 heterocycles. The molecule has 2 aromatic carbocycles. The standard InChI is InChI=1S/C19H17ClFN3O3S/c20-13-7-8-16(15(21)10-13)22-19(25)12-4-3-9-24(11-12)18-14-5-1-2-6-17(14)28(26,27)23-18/h1-2,5-8,10,12H,3-4,9,11H2,(H,22,25)/t12-/m1/s1. The molecule has 1 atom stereocenters. The molecule has 1 N–H and O–H groups in total. The SMILES string of the molecule is O=C(Nc1ccc(Cl)cc1F)[C@@H]1CCCN(C2=NS(=O)(=O)c3ccccc32)C1. The van der Waals surface area contributed by atoms with Crippen LogP contribution in [0, 0.1) is 11.7 Å². The van der Waals surface area contributed by atoms with Crippen molar-refractivity contribution in [3.05, 3.63) is 58.9 Å². The molecule has 0 unspecified atom stereocenters. The number of sulfonamides is 1. The maximum absolute atomic E-state index is 14.0. The third kappa shape index (κ3) is 3.49. The molecule has 0 bridgehead atoms. The Kier molecular flexibility index (Phi) is 4.84. The topological polar surface area (TPSA) is 78.8 Å². The van der Waals surface area contributed by atoms with Gasteiger partial charge in [-0.15, -0.1) is 4.40 Å². The number of hydrogen-bond acceptors (Lipinski definition) is 4. The zero-order valence-electron chi connectivity index (χ0n) is 14.7. The monoisotopic (exact) mass is 421 g/mol. The molecule has 6 nitrogen and oxygen atoms in total. The fraction of sp³-hybridized carbons (Fsp3) is 0.263. The number of hydrogen-bond donors (Lipinski definition) is 1. The minimum Gasteiger partial charge on any atom is -0.355 e. The zero-order chi connectivity index (χ0) is 19.9. The van der Waals surface area contributed by atoms with Gasteiger partial charge in [-0.3, -0.25) is 4.79 Å². The van der Waals surface area contributed by atoms with Crippen LogP contribution in [-0.4, -0.2) is 38.2 Å². The number of amides is 1. The molecule has 0 radical (unpaired) electrons. The van der Waals surface area contributed by atoms with Crippen LogP contribution >= 0.6 is 11.6 Å². The highest BCUT2D eigenvalue weighted by molar-refractivity contribution is 7.90. The third-order valence-corrected chi connectivity index (χ3v) is 6.45. The van der Waals surface area contributed by atoms with Crippen LogP contribution in [0.2, 0.25) is 5.02 Å². The number of benzene rings is 2. The molecular formula is C19H17ClFN3O3S. The molecule has 9 heteroatoms. The summed E-state index contributed by atoms with van der Waals surface area (Å²) < 4.78 is 42.4. The molecular weight excluding hydrogens is 405 g/mol. The van der Waals surface area contributed by atoms with Gasteiger partial charge in [0.05, 0.1) is 11.6 Å². The van der Waals surface area contributed by atoms with Gasteiger partial charge in [-0.05, 0) is 43.2 Å². The van der Waals surface area contributed by atoms with Crippen molar-refractivity contribution < 1.29 is 17.6 Å². The van der Waals surface area contributed by atoms with Gasteiger partial charge in [0, 0.05) is 23.7 Å². The molecule has 0 aromatic heterocycles. The number of carbonyl (C=O) groups is 1. The Morgan fingerprint density at radius 1 is 1.25 bits per heavy atom. The molecule has 28 heavy (non-hydrogen) atoms. The second-order valence-electron chi connectivity index (χ2n) is 6.78. The van der Waals surface area contributed by atoms with E-state index in [9.17, 15) is 17.6 Å². The van der Waals surface area contributed by atoms with Crippen LogP contribution < -0.4 is 5.32 Å². The highest BCUT2D eigenvalue weighted by Gasteiger charge is 2.35. The molecule has 1 fully saturated rings. The number of nitrogens with zero attached hydrogens (tertiary/aromatic N) is 2. The van der Waals surface area contributed by atoms with E-state index in [-0.39, 0.29) is 21.5 Å². The number of amidine groups is 1. The Morgan fingerprint density at radius 3 is 2.82 bits per heavy atom. The van der Waals surface area contributed by atoms with E-state index in [1.807, 2.05) is 4.90 Å². The summed E-state index contributed by atoms with van der Waals surface area (Å²) >= 11 is 5.74. The third-order valence-electron chi connectivity index (χ3n) is 4.89. The molecule has 0 spiro atoms. The quantitative estimate of drug-likeness (QED) is 0.807. The molecule has 0 saturated carbocycles. The maximum Gasteiger partial charge on any atom is 0.285 e. The maximum atomic E-state index is 14.0. The van der Waals surface area contributed by atoms with Gasteiger partial charge in [0.25, 0.3) is 10.0 Å². The summed E-state index contributed by atoms with van der Waals surface area (Å²) in [5, 5.41) is 2.84. The van der Waals surface area contributed by atoms with Crippen LogP contribution in [0.25, 0.3) is 0 Å². The minimum atomic E-state index is -3.72. The van der Waals surface area contributed by atoms with Crippen molar-refractivity contribution >= 4 is 39.1 Å². The van der Waals surface area contributed by atoms with Crippen molar-refractivity contribution in [1.29, 1.82) is 0 Å². The molecule has 4 rings (SSSR count). The van der Waals surface area contributed by atoms with Crippen LogP contribution in [-0.2, 0) is 14.8 Å². The van der Waals surface area contributed by atoms with Gasteiger partial charge >= 0.3 is 0 Å². The van der Waals surface area contributed by atoms with Crippen molar-refractivity contribution in [2.24, 2.45) is 10.3 Å². The number of nitrogens with one attached hydrogen (secondary N) is 1. The van der Waals surface area contributed by atoms with Crippen molar-refractivity contribution in [2.45, 2.75) is 17.7 Å². The second kappa shape index (κ2) is 7.18. The highest BCUT2D eigenvalue weighted by Crippen LogP contribution is 2.30. The summed E-state index contributed by atoms with van der Waals surface area (Å²) in [7, 11) is -3.72. The van der Waals surface area contributed by atoms with E-state index < -0.39 is 21.8 Å². The van der Waals surface area contributed by atoms with E-state index in [2.05, 4.69) is 9.71 Å². The van der Waals surface area contributed by atoms with E-state index in [0.29, 0.717) is 37.3 Å². The number of carbonyl (C=O) groups excluding carboxylic acids is 1. The molecule has 146 valence electrons. The Labute approximate surface area is 167 Å². The molecule has 1 saturated heterocycles. The average molecular weight is 422 g/mol. The van der Waals surface area contributed by atoms with E-state index in [1.54, 1.807) is 18.2 Å². The number of fused-ring (bicyclic) bond motifs is 1. The van der Waals surface area contributed by atoms with Crippen LogP contribution in [0.3, 0.4) is 0 Å². The van der Waals surface area contributed by atoms with Gasteiger partial charge in [0.15, 0.2) is 5.84 Å². The average Bonchev–Trinajstić information content (AvgIpc) is 2.96. The highest BCUT2D eigenvalue weighted by atomic mass is 35.5. The summed E-state index contributed by atoms with van der Waals surface area (Å²) in [4.78, 5) is 14.6. The lowest BCUT2D eigenvalue weighted by Gasteiger charge is -2.33. The van der Waals surface area contributed by atoms with E-state index in [0.717, 1.165) is 6.07 Å². The zero-order valence-corrected chi connectivity index (χ0v) is 16.3. The lowest BCUT2D eigenvalue weighted by atomic mass is 9.96. The van der Waals surface area contributed by atoms with E-state index >= 15 is 0 Å². The predicted octanol–water partition coefficient (Wildman–Crippen LogP) is 3.28. The summed E-state index contributed by atoms with van der Waals surface area (Å²) in [6, 6.07) is 10.7. The Bertz CT molecular complexity index is 1090. The normalized spacial score (nSPS) is 20.4. The molecule has 1 amide bonds. The van der Waals surface area contributed by atoms with Crippen molar-refractivity contribution in [3.8, 4) is 0 Å². The summed E-state index contributed by atoms with van der Waals surface area (Å²) in [6.45, 7) is 0.908. The Morgan fingerprint density at radius 2 is 2.04 bits per heavy atom. The van der Waals surface area contributed by atoms with Crippen LogP contribution in [0.15, 0.2) is 51.8 Å². The Balaban J connectivity index is 1.53. The van der Waals surface area contributed by atoms with Crippen LogP contribution in [0.4, 0.5) is 10.1 Å². The first-order valence-corrected chi connectivity index (χ1v) is 10.6. The predicted molar refractivity (Wildman–Crippen MR) is 105 cm³/mol. The van der Waals surface area contributed by atoms with Crippen molar-refractivity contribution in [2.75, 3.05) is 18.4 Å². The first-order valence-electron chi connectivity index (χ1n) is 8.80. The largest absolute Gasteiger partial charge is 0.355 e. The van der Waals surface area contributed by atoms with Gasteiger partial charge in [-0.1, -0.05) is 23.7 Å². The van der Waals surface area contributed by atoms with Gasteiger partial charge < -0.3 is 10.2 Å². The molecule has 2 aliphatic rings. The number of halogens is 2.